The molecular weight excluding hydrogens is 342 g/mol. The molecule has 0 bridgehead atoms. The molecule has 0 amide bonds. The molecule has 2 aromatic carbocycles. The number of esters is 1. The molecule has 0 aliphatic carbocycles. The first-order valence-electron chi connectivity index (χ1n) is 7.57. The number of para-hydroxylation sites is 1. The van der Waals surface area contributed by atoms with Crippen LogP contribution < -0.4 is 9.47 Å². The molecule has 0 heterocycles. The number of aryl methyl sites for hydroxylation is 2. The Bertz CT molecular complexity index is 883. The number of carbonyl (C=O) groups excluding carboxylic acids is 1. The zero-order valence-corrected chi connectivity index (χ0v) is 15.7. The van der Waals surface area contributed by atoms with Crippen molar-refractivity contribution in [1.29, 1.82) is 0 Å². The number of nitrogens with zero attached hydrogens (tertiary/aromatic N) is 1. The average Bonchev–Trinajstić information content (AvgIpc) is 2.57. The van der Waals surface area contributed by atoms with E-state index in [0.717, 1.165) is 15.4 Å². The van der Waals surface area contributed by atoms with E-state index in [4.69, 9.17) is 9.47 Å². The fourth-order valence-corrected chi connectivity index (χ4v) is 3.39. The van der Waals surface area contributed by atoms with Crippen LogP contribution in [0.5, 0.6) is 11.5 Å². The van der Waals surface area contributed by atoms with Crippen LogP contribution in [0.1, 0.15) is 21.5 Å². The van der Waals surface area contributed by atoms with Crippen LogP contribution in [0.25, 0.3) is 0 Å². The Kier molecular flexibility index (Phi) is 5.49. The zero-order valence-electron chi connectivity index (χ0n) is 14.9. The van der Waals surface area contributed by atoms with Gasteiger partial charge in [0.25, 0.3) is 0 Å². The SMILES string of the molecule is COc1ccc(C(=O)Oc2c(C)cccc2C)cc1S(=O)(=O)N(C)C. The van der Waals surface area contributed by atoms with E-state index < -0.39 is 16.0 Å². The summed E-state index contributed by atoms with van der Waals surface area (Å²) in [6.45, 7) is 3.68. The Labute approximate surface area is 148 Å². The number of methoxy groups -OCH3 is 1. The Balaban J connectivity index is 2.45. The first-order chi connectivity index (χ1) is 11.7. The van der Waals surface area contributed by atoms with Crippen molar-refractivity contribution in [3.63, 3.8) is 0 Å². The van der Waals surface area contributed by atoms with Gasteiger partial charge in [-0.3, -0.25) is 0 Å². The van der Waals surface area contributed by atoms with E-state index in [2.05, 4.69) is 0 Å². The summed E-state index contributed by atoms with van der Waals surface area (Å²) in [7, 11) is 0.436. The monoisotopic (exact) mass is 363 g/mol. The van der Waals surface area contributed by atoms with Gasteiger partial charge < -0.3 is 9.47 Å². The number of benzene rings is 2. The smallest absolute Gasteiger partial charge is 0.343 e. The normalized spacial score (nSPS) is 11.4. The molecule has 0 radical (unpaired) electrons. The zero-order chi connectivity index (χ0) is 18.8. The molecule has 0 aromatic heterocycles. The molecule has 0 atom stereocenters. The summed E-state index contributed by atoms with van der Waals surface area (Å²) in [4.78, 5) is 12.4. The molecule has 6 nitrogen and oxygen atoms in total. The fourth-order valence-electron chi connectivity index (χ4n) is 2.31. The van der Waals surface area contributed by atoms with E-state index in [0.29, 0.717) is 5.75 Å². The van der Waals surface area contributed by atoms with Gasteiger partial charge in [-0.1, -0.05) is 18.2 Å². The molecule has 0 aliphatic heterocycles. The molecule has 0 fully saturated rings. The van der Waals surface area contributed by atoms with E-state index in [9.17, 15) is 13.2 Å². The summed E-state index contributed by atoms with van der Waals surface area (Å²) in [5, 5.41) is 0. The van der Waals surface area contributed by atoms with Crippen LogP contribution in [0, 0.1) is 13.8 Å². The second-order valence-electron chi connectivity index (χ2n) is 5.76. The van der Waals surface area contributed by atoms with Gasteiger partial charge in [-0.15, -0.1) is 0 Å². The molecule has 7 heteroatoms. The van der Waals surface area contributed by atoms with Crippen molar-refractivity contribution in [2.75, 3.05) is 21.2 Å². The molecule has 0 spiro atoms. The van der Waals surface area contributed by atoms with Gasteiger partial charge in [-0.2, -0.15) is 0 Å². The van der Waals surface area contributed by atoms with E-state index >= 15 is 0 Å². The standard InChI is InChI=1S/C18H21NO5S/c1-12-7-6-8-13(2)17(12)24-18(20)14-9-10-15(23-5)16(11-14)25(21,22)19(3)4/h6-11H,1-5H3. The van der Waals surface area contributed by atoms with Gasteiger partial charge in [0.1, 0.15) is 16.4 Å². The van der Waals surface area contributed by atoms with Gasteiger partial charge in [-0.05, 0) is 43.2 Å². The molecule has 0 unspecified atom stereocenters. The van der Waals surface area contributed by atoms with Gasteiger partial charge in [0, 0.05) is 14.1 Å². The highest BCUT2D eigenvalue weighted by Gasteiger charge is 2.24. The van der Waals surface area contributed by atoms with Gasteiger partial charge in [0.05, 0.1) is 12.7 Å². The lowest BCUT2D eigenvalue weighted by Crippen LogP contribution is -2.23. The minimum absolute atomic E-state index is 0.0871. The molecule has 0 saturated carbocycles. The molecule has 134 valence electrons. The highest BCUT2D eigenvalue weighted by Crippen LogP contribution is 2.28. The third-order valence-electron chi connectivity index (χ3n) is 3.76. The Morgan fingerprint density at radius 2 is 1.64 bits per heavy atom. The van der Waals surface area contributed by atoms with Crippen molar-refractivity contribution < 1.29 is 22.7 Å². The van der Waals surface area contributed by atoms with Crippen molar-refractivity contribution in [2.24, 2.45) is 0 Å². The fraction of sp³-hybridized carbons (Fsp3) is 0.278. The second kappa shape index (κ2) is 7.25. The quantitative estimate of drug-likeness (QED) is 0.603. The van der Waals surface area contributed by atoms with Crippen molar-refractivity contribution in [2.45, 2.75) is 18.7 Å². The highest BCUT2D eigenvalue weighted by atomic mass is 32.2. The number of rotatable bonds is 5. The van der Waals surface area contributed by atoms with E-state index in [1.807, 2.05) is 32.0 Å². The van der Waals surface area contributed by atoms with Crippen molar-refractivity contribution in [3.05, 3.63) is 53.1 Å². The number of ether oxygens (including phenoxy) is 2. The maximum atomic E-state index is 12.5. The van der Waals surface area contributed by atoms with Crippen molar-refractivity contribution >= 4 is 16.0 Å². The molecule has 0 saturated heterocycles. The lowest BCUT2D eigenvalue weighted by atomic mass is 10.1. The van der Waals surface area contributed by atoms with Crippen LogP contribution in [-0.4, -0.2) is 39.9 Å². The predicted octanol–water partition coefficient (Wildman–Crippen LogP) is 2.78. The van der Waals surface area contributed by atoms with E-state index in [-0.39, 0.29) is 16.2 Å². The lowest BCUT2D eigenvalue weighted by Gasteiger charge is -2.16. The lowest BCUT2D eigenvalue weighted by molar-refractivity contribution is 0.0732. The number of hydrogen-bond acceptors (Lipinski definition) is 5. The van der Waals surface area contributed by atoms with E-state index in [1.54, 1.807) is 0 Å². The number of sulfonamides is 1. The first-order valence-corrected chi connectivity index (χ1v) is 9.01. The van der Waals surface area contributed by atoms with Gasteiger partial charge >= 0.3 is 5.97 Å². The Morgan fingerprint density at radius 3 is 2.16 bits per heavy atom. The maximum absolute atomic E-state index is 12.5. The Hall–Kier alpha value is -2.38. The van der Waals surface area contributed by atoms with E-state index in [1.165, 1.54) is 39.4 Å². The third-order valence-corrected chi connectivity index (χ3v) is 5.60. The van der Waals surface area contributed by atoms with Crippen molar-refractivity contribution in [1.82, 2.24) is 4.31 Å². The maximum Gasteiger partial charge on any atom is 0.343 e. The van der Waals surface area contributed by atoms with Crippen LogP contribution in [-0.2, 0) is 10.0 Å². The van der Waals surface area contributed by atoms with Crippen LogP contribution in [0.15, 0.2) is 41.3 Å². The first kappa shape index (κ1) is 19.0. The third kappa shape index (κ3) is 3.83. The minimum Gasteiger partial charge on any atom is -0.495 e. The summed E-state index contributed by atoms with van der Waals surface area (Å²) in [6, 6.07) is 9.74. The average molecular weight is 363 g/mol. The molecule has 2 aromatic rings. The second-order valence-corrected chi connectivity index (χ2v) is 7.88. The molecule has 0 aliphatic rings. The summed E-state index contributed by atoms with van der Waals surface area (Å²) >= 11 is 0. The number of carbonyl (C=O) groups is 1. The predicted molar refractivity (Wildman–Crippen MR) is 94.7 cm³/mol. The van der Waals surface area contributed by atoms with Crippen molar-refractivity contribution in [3.8, 4) is 11.5 Å². The van der Waals surface area contributed by atoms with Gasteiger partial charge in [0.15, 0.2) is 0 Å². The van der Waals surface area contributed by atoms with Crippen LogP contribution in [0.3, 0.4) is 0 Å². The number of hydrogen-bond donors (Lipinski definition) is 0. The van der Waals surface area contributed by atoms with Crippen LogP contribution in [0.4, 0.5) is 0 Å². The van der Waals surface area contributed by atoms with Gasteiger partial charge in [-0.25, -0.2) is 17.5 Å². The topological polar surface area (TPSA) is 72.9 Å². The minimum atomic E-state index is -3.76. The summed E-state index contributed by atoms with van der Waals surface area (Å²) < 4.78 is 36.5. The van der Waals surface area contributed by atoms with Crippen LogP contribution in [0.2, 0.25) is 0 Å². The molecule has 25 heavy (non-hydrogen) atoms. The summed E-state index contributed by atoms with van der Waals surface area (Å²) in [5.41, 5.74) is 1.77. The largest absolute Gasteiger partial charge is 0.495 e. The molecular formula is C18H21NO5S. The molecule has 0 N–H and O–H groups in total. The summed E-state index contributed by atoms with van der Waals surface area (Å²) in [6.07, 6.45) is 0. The highest BCUT2D eigenvalue weighted by molar-refractivity contribution is 7.89. The van der Waals surface area contributed by atoms with Crippen LogP contribution >= 0.6 is 0 Å². The summed E-state index contributed by atoms with van der Waals surface area (Å²) in [5.74, 6) is 0.00733. The molecule has 2 rings (SSSR count). The van der Waals surface area contributed by atoms with Gasteiger partial charge in [0.2, 0.25) is 10.0 Å². The Morgan fingerprint density at radius 1 is 1.04 bits per heavy atom.